The zero-order valence-corrected chi connectivity index (χ0v) is 22.6. The Morgan fingerprint density at radius 1 is 1.16 bits per heavy atom. The highest BCUT2D eigenvalue weighted by Gasteiger charge is 2.63. The van der Waals surface area contributed by atoms with E-state index in [1.54, 1.807) is 38.2 Å². The largest absolute Gasteiger partial charge is 0.355 e. The monoisotopic (exact) mass is 517 g/mol. The molecular formula is C29H38F3N3O2. The first-order chi connectivity index (χ1) is 17.3. The normalized spacial score (nSPS) is 16.4. The minimum Gasteiger partial charge on any atom is -0.355 e. The zero-order valence-electron chi connectivity index (χ0n) is 22.6. The van der Waals surface area contributed by atoms with Gasteiger partial charge in [0.25, 0.3) is 5.92 Å². The molecule has 0 saturated heterocycles. The average Bonchev–Trinajstić information content (AvgIpc) is 3.65. The Labute approximate surface area is 217 Å². The molecule has 5 nitrogen and oxygen atoms in total. The summed E-state index contributed by atoms with van der Waals surface area (Å²) in [5.41, 5.74) is 1.46. The summed E-state index contributed by atoms with van der Waals surface area (Å²) in [6, 6.07) is 6.71. The number of likely N-dealkylation sites (N-methyl/N-ethyl adjacent to an activating group) is 1. The van der Waals surface area contributed by atoms with Gasteiger partial charge in [0, 0.05) is 48.7 Å². The van der Waals surface area contributed by atoms with Crippen LogP contribution in [0.5, 0.6) is 0 Å². The molecule has 0 bridgehead atoms. The van der Waals surface area contributed by atoms with Crippen LogP contribution in [0.25, 0.3) is 0 Å². The van der Waals surface area contributed by atoms with E-state index in [-0.39, 0.29) is 42.7 Å². The summed E-state index contributed by atoms with van der Waals surface area (Å²) < 4.78 is 44.1. The molecule has 202 valence electrons. The molecular weight excluding hydrogens is 479 g/mol. The minimum atomic E-state index is -2.91. The lowest BCUT2D eigenvalue weighted by Gasteiger charge is -2.32. The zero-order chi connectivity index (χ0) is 27.5. The van der Waals surface area contributed by atoms with Crippen molar-refractivity contribution in [2.24, 2.45) is 5.41 Å². The Balaban J connectivity index is 1.73. The average molecular weight is 518 g/mol. The van der Waals surface area contributed by atoms with Crippen molar-refractivity contribution in [3.05, 3.63) is 64.2 Å². The van der Waals surface area contributed by atoms with Crippen LogP contribution in [0, 0.1) is 25.1 Å². The highest BCUT2D eigenvalue weighted by molar-refractivity contribution is 5.96. The summed E-state index contributed by atoms with van der Waals surface area (Å²) in [5.74, 6) is -4.61. The third-order valence-electron chi connectivity index (χ3n) is 7.90. The quantitative estimate of drug-likeness (QED) is 0.371. The van der Waals surface area contributed by atoms with Crippen LogP contribution in [0.4, 0.5) is 13.2 Å². The van der Waals surface area contributed by atoms with Gasteiger partial charge in [0.05, 0.1) is 5.56 Å². The number of halogens is 3. The van der Waals surface area contributed by atoms with Crippen LogP contribution in [0.1, 0.15) is 78.2 Å². The number of rotatable bonds is 12. The number of ketones is 1. The lowest BCUT2D eigenvalue weighted by Crippen LogP contribution is -2.43. The number of hydrogen-bond donors (Lipinski definition) is 1. The van der Waals surface area contributed by atoms with E-state index in [1.165, 1.54) is 6.07 Å². The van der Waals surface area contributed by atoms with Gasteiger partial charge in [0.1, 0.15) is 5.82 Å². The topological polar surface area (TPSA) is 62.3 Å². The van der Waals surface area contributed by atoms with E-state index in [4.69, 9.17) is 0 Å². The first kappa shape index (κ1) is 28.8. The highest BCUT2D eigenvalue weighted by Crippen LogP contribution is 2.65. The van der Waals surface area contributed by atoms with Crippen LogP contribution < -0.4 is 5.32 Å². The van der Waals surface area contributed by atoms with Gasteiger partial charge in [0.15, 0.2) is 5.78 Å². The van der Waals surface area contributed by atoms with Crippen molar-refractivity contribution in [1.29, 1.82) is 0 Å². The van der Waals surface area contributed by atoms with E-state index in [0.717, 1.165) is 18.2 Å². The second-order valence-corrected chi connectivity index (χ2v) is 10.6. The van der Waals surface area contributed by atoms with Crippen LogP contribution in [0.2, 0.25) is 0 Å². The fraction of sp³-hybridized carbons (Fsp3) is 0.552. The van der Waals surface area contributed by atoms with Crippen molar-refractivity contribution in [2.75, 3.05) is 20.6 Å². The van der Waals surface area contributed by atoms with Gasteiger partial charge >= 0.3 is 0 Å². The number of hydrogen-bond acceptors (Lipinski definition) is 4. The Hall–Kier alpha value is -2.74. The van der Waals surface area contributed by atoms with Gasteiger partial charge in [-0.2, -0.15) is 0 Å². The number of pyridine rings is 1. The fourth-order valence-corrected chi connectivity index (χ4v) is 5.08. The maximum absolute atomic E-state index is 14.8. The third-order valence-corrected chi connectivity index (χ3v) is 7.90. The molecule has 1 fully saturated rings. The molecule has 2 atom stereocenters. The number of nitrogens with zero attached hydrogens (tertiary/aromatic N) is 2. The third kappa shape index (κ3) is 6.40. The minimum absolute atomic E-state index is 0.0597. The molecule has 0 aliphatic heterocycles. The molecule has 1 heterocycles. The van der Waals surface area contributed by atoms with Crippen molar-refractivity contribution in [2.45, 2.75) is 77.7 Å². The summed E-state index contributed by atoms with van der Waals surface area (Å²) in [6.07, 6.45) is 2.96. The molecule has 0 unspecified atom stereocenters. The predicted octanol–water partition coefficient (Wildman–Crippen LogP) is 5.63. The van der Waals surface area contributed by atoms with E-state index >= 15 is 0 Å². The molecule has 1 N–H and O–H groups in total. The summed E-state index contributed by atoms with van der Waals surface area (Å²) in [5, 5.41) is 2.93. The number of Topliss-reactive ketones (excluding diaryl/α,β-unsaturated/α-hetero) is 1. The molecule has 1 aliphatic rings. The smallest absolute Gasteiger partial charge is 0.251 e. The van der Waals surface area contributed by atoms with Crippen molar-refractivity contribution in [3.63, 3.8) is 0 Å². The Morgan fingerprint density at radius 3 is 2.35 bits per heavy atom. The number of aromatic nitrogens is 1. The lowest BCUT2D eigenvalue weighted by molar-refractivity contribution is -0.123. The van der Waals surface area contributed by atoms with E-state index in [0.29, 0.717) is 30.4 Å². The Kier molecular flexibility index (Phi) is 8.83. The van der Waals surface area contributed by atoms with Gasteiger partial charge in [-0.3, -0.25) is 14.6 Å². The Morgan fingerprint density at radius 2 is 1.84 bits per heavy atom. The first-order valence-electron chi connectivity index (χ1n) is 12.9. The van der Waals surface area contributed by atoms with Gasteiger partial charge in [-0.1, -0.05) is 19.1 Å². The van der Waals surface area contributed by atoms with Crippen molar-refractivity contribution < 1.29 is 22.8 Å². The molecule has 1 amide bonds. The number of carbonyl (C=O) groups excluding carboxylic acids is 2. The fourth-order valence-electron chi connectivity index (χ4n) is 5.08. The second-order valence-electron chi connectivity index (χ2n) is 10.6. The molecule has 37 heavy (non-hydrogen) atoms. The maximum atomic E-state index is 14.8. The van der Waals surface area contributed by atoms with Crippen LogP contribution in [-0.4, -0.2) is 54.2 Å². The van der Waals surface area contributed by atoms with Crippen molar-refractivity contribution >= 4 is 11.7 Å². The van der Waals surface area contributed by atoms with Crippen LogP contribution in [0.15, 0.2) is 30.5 Å². The van der Waals surface area contributed by atoms with E-state index in [2.05, 4.69) is 10.3 Å². The van der Waals surface area contributed by atoms with E-state index in [9.17, 15) is 22.8 Å². The predicted molar refractivity (Wildman–Crippen MR) is 139 cm³/mol. The van der Waals surface area contributed by atoms with Gasteiger partial charge in [-0.25, -0.2) is 13.2 Å². The number of alkyl halides is 2. The molecule has 1 aliphatic carbocycles. The standard InChI is InChI=1S/C29H38F3N3O2/c1-7-25(36)23-11-10-20(19(3)27(23)30)14-22(35(5)6)17-34-26(37)15-24(21-9-8-18(2)33-16-21)29(12-13-29)28(4,31)32/h8-11,16,22,24H,7,12-15,17H2,1-6H3,(H,34,37)/t22-,24+/m0/s1. The summed E-state index contributed by atoms with van der Waals surface area (Å²) in [4.78, 5) is 31.3. The van der Waals surface area contributed by atoms with Crippen molar-refractivity contribution in [1.82, 2.24) is 15.2 Å². The Bertz CT molecular complexity index is 1120. The summed E-state index contributed by atoms with van der Waals surface area (Å²) in [7, 11) is 3.74. The second kappa shape index (κ2) is 11.3. The van der Waals surface area contributed by atoms with E-state index in [1.807, 2.05) is 25.9 Å². The molecule has 0 spiro atoms. The molecule has 3 rings (SSSR count). The molecule has 2 aromatic rings. The SMILES string of the molecule is CCC(=O)c1ccc(C[C@@H](CNC(=O)C[C@H](c2ccc(C)nc2)C2(C(C)(F)F)CC2)N(C)C)c(C)c1F. The van der Waals surface area contributed by atoms with Gasteiger partial charge in [0.2, 0.25) is 5.91 Å². The number of amides is 1. The number of nitrogens with one attached hydrogen (secondary N) is 1. The highest BCUT2D eigenvalue weighted by atomic mass is 19.3. The van der Waals surface area contributed by atoms with Crippen molar-refractivity contribution in [3.8, 4) is 0 Å². The molecule has 1 aromatic carbocycles. The van der Waals surface area contributed by atoms with Crippen LogP contribution in [-0.2, 0) is 11.2 Å². The number of carbonyl (C=O) groups is 2. The van der Waals surface area contributed by atoms with E-state index < -0.39 is 23.1 Å². The molecule has 1 saturated carbocycles. The number of aryl methyl sites for hydroxylation is 1. The molecule has 8 heteroatoms. The summed E-state index contributed by atoms with van der Waals surface area (Å²) >= 11 is 0. The number of benzene rings is 1. The molecule has 1 aromatic heterocycles. The maximum Gasteiger partial charge on any atom is 0.251 e. The summed E-state index contributed by atoms with van der Waals surface area (Å²) in [6.45, 7) is 6.40. The van der Waals surface area contributed by atoms with Gasteiger partial charge in [-0.15, -0.1) is 0 Å². The van der Waals surface area contributed by atoms with Crippen LogP contribution >= 0.6 is 0 Å². The molecule has 0 radical (unpaired) electrons. The lowest BCUT2D eigenvalue weighted by atomic mass is 9.77. The first-order valence-corrected chi connectivity index (χ1v) is 12.9. The van der Waals surface area contributed by atoms with Gasteiger partial charge in [-0.05, 0) is 83.0 Å². The van der Waals surface area contributed by atoms with Gasteiger partial charge < -0.3 is 10.2 Å². The van der Waals surface area contributed by atoms with Crippen LogP contribution in [0.3, 0.4) is 0 Å².